The average Bonchev–Trinajstić information content (AvgIpc) is 3.48. The van der Waals surface area contributed by atoms with Crippen LogP contribution >= 0.6 is 0 Å². The Hall–Kier alpha value is -4.46. The van der Waals surface area contributed by atoms with Crippen LogP contribution in [-0.4, -0.2) is 72.6 Å². The Labute approximate surface area is 238 Å². The highest BCUT2D eigenvalue weighted by Gasteiger charge is 2.59. The first-order chi connectivity index (χ1) is 19.5. The van der Waals surface area contributed by atoms with Crippen LogP contribution in [0.3, 0.4) is 0 Å². The predicted molar refractivity (Wildman–Crippen MR) is 149 cm³/mol. The van der Waals surface area contributed by atoms with Crippen molar-refractivity contribution in [1.82, 2.24) is 15.1 Å². The Kier molecular flexibility index (Phi) is 8.61. The zero-order valence-corrected chi connectivity index (χ0v) is 23.5. The Morgan fingerprint density at radius 1 is 1.22 bits per heavy atom. The molecule has 1 saturated heterocycles. The summed E-state index contributed by atoms with van der Waals surface area (Å²) in [5.74, 6) is -1.68. The van der Waals surface area contributed by atoms with E-state index in [1.807, 2.05) is 32.0 Å². The van der Waals surface area contributed by atoms with E-state index in [4.69, 9.17) is 11.3 Å². The average molecular weight is 564 g/mol. The van der Waals surface area contributed by atoms with Gasteiger partial charge in [-0.2, -0.15) is 0 Å². The number of methoxy groups -OCH3 is 1. The van der Waals surface area contributed by atoms with Crippen molar-refractivity contribution in [3.63, 3.8) is 0 Å². The first kappa shape index (κ1) is 29.5. The number of likely N-dealkylation sites (N-methyl/N-ethyl adjacent to an activating group) is 1. The van der Waals surface area contributed by atoms with Crippen molar-refractivity contribution in [3.05, 3.63) is 76.9 Å². The van der Waals surface area contributed by atoms with E-state index in [0.29, 0.717) is 17.7 Å². The summed E-state index contributed by atoms with van der Waals surface area (Å²) in [6.07, 6.45) is -1.24. The number of alkyl carbamates (subject to hydrolysis) is 1. The van der Waals surface area contributed by atoms with Gasteiger partial charge in [-0.3, -0.25) is 24.1 Å². The summed E-state index contributed by atoms with van der Waals surface area (Å²) in [7, 11) is 2.66. The molecule has 0 unspecified atom stereocenters. The normalized spacial score (nSPS) is 20.7. The van der Waals surface area contributed by atoms with Crippen LogP contribution < -0.4 is 10.6 Å². The molecule has 0 bridgehead atoms. The number of anilines is 1. The van der Waals surface area contributed by atoms with Crippen LogP contribution in [0.4, 0.5) is 14.9 Å². The summed E-state index contributed by atoms with van der Waals surface area (Å²) in [5, 5.41) is 5.41. The van der Waals surface area contributed by atoms with Gasteiger partial charge in [0.2, 0.25) is 11.8 Å². The van der Waals surface area contributed by atoms with Crippen molar-refractivity contribution in [1.29, 1.82) is 0 Å². The molecular formula is C30H34FN5O5. The van der Waals surface area contributed by atoms with Gasteiger partial charge < -0.3 is 20.3 Å². The molecule has 11 heteroatoms. The van der Waals surface area contributed by atoms with Gasteiger partial charge >= 0.3 is 12.3 Å². The summed E-state index contributed by atoms with van der Waals surface area (Å²) < 4.78 is 18.2. The fourth-order valence-electron chi connectivity index (χ4n) is 5.68. The number of likely N-dealkylation sites (tertiary alicyclic amines) is 1. The molecule has 10 nitrogen and oxygen atoms in total. The van der Waals surface area contributed by atoms with Crippen LogP contribution in [0.1, 0.15) is 37.8 Å². The second-order valence-corrected chi connectivity index (χ2v) is 11.0. The van der Waals surface area contributed by atoms with Gasteiger partial charge in [0.1, 0.15) is 23.3 Å². The molecule has 0 aliphatic carbocycles. The molecular weight excluding hydrogens is 529 g/mol. The molecule has 4 amide bonds. The first-order valence-electron chi connectivity index (χ1n) is 13.4. The zero-order chi connectivity index (χ0) is 29.9. The van der Waals surface area contributed by atoms with Crippen LogP contribution in [0.5, 0.6) is 0 Å². The lowest BCUT2D eigenvalue weighted by Crippen LogP contribution is -2.56. The molecule has 1 spiro atoms. The van der Waals surface area contributed by atoms with E-state index >= 15 is 0 Å². The third-order valence-electron chi connectivity index (χ3n) is 7.81. The maximum absolute atomic E-state index is 14.2. The van der Waals surface area contributed by atoms with E-state index < -0.39 is 47.4 Å². The monoisotopic (exact) mass is 563 g/mol. The minimum Gasteiger partial charge on any atom is -0.453 e. The number of nitrogens with zero attached hydrogens (tertiary/aromatic N) is 3. The van der Waals surface area contributed by atoms with E-state index in [9.17, 15) is 23.6 Å². The molecule has 4 rings (SSSR count). The number of carbonyl (C=O) groups excluding carboxylic acids is 4. The number of nitrogens with one attached hydrogen (secondary N) is 2. The van der Waals surface area contributed by atoms with Gasteiger partial charge in [0, 0.05) is 25.7 Å². The second-order valence-electron chi connectivity index (χ2n) is 11.0. The maximum Gasteiger partial charge on any atom is 0.407 e. The van der Waals surface area contributed by atoms with Crippen molar-refractivity contribution in [2.45, 2.75) is 56.8 Å². The summed E-state index contributed by atoms with van der Waals surface area (Å²) in [5.41, 5.74) is 0.963. The summed E-state index contributed by atoms with van der Waals surface area (Å²) in [6.45, 7) is 11.7. The number of carbonyl (C=O) groups is 4. The number of amides is 4. The highest BCUT2D eigenvalue weighted by Crippen LogP contribution is 2.47. The van der Waals surface area contributed by atoms with Crippen LogP contribution in [-0.2, 0) is 31.0 Å². The molecule has 2 aromatic rings. The van der Waals surface area contributed by atoms with Crippen LogP contribution in [0.15, 0.2) is 48.5 Å². The molecule has 4 atom stereocenters. The van der Waals surface area contributed by atoms with Gasteiger partial charge in [-0.05, 0) is 41.7 Å². The summed E-state index contributed by atoms with van der Waals surface area (Å²) in [6, 6.07) is 10.7. The van der Waals surface area contributed by atoms with E-state index in [0.717, 1.165) is 5.56 Å². The molecule has 2 aromatic carbocycles. The lowest BCUT2D eigenvalue weighted by atomic mass is 9.80. The minimum absolute atomic E-state index is 0.00164. The van der Waals surface area contributed by atoms with Crippen molar-refractivity contribution in [2.75, 3.05) is 26.0 Å². The molecule has 2 aliphatic rings. The topological polar surface area (TPSA) is 112 Å². The number of halogens is 1. The van der Waals surface area contributed by atoms with Crippen molar-refractivity contribution in [2.24, 2.45) is 5.92 Å². The Bertz CT molecular complexity index is 1370. The lowest BCUT2D eigenvalue weighted by Gasteiger charge is -2.34. The maximum atomic E-state index is 14.2. The van der Waals surface area contributed by atoms with Crippen LogP contribution in [0, 0.1) is 18.3 Å². The van der Waals surface area contributed by atoms with E-state index in [2.05, 4.69) is 15.5 Å². The molecule has 2 aliphatic heterocycles. The number of hydrogen-bond acceptors (Lipinski definition) is 5. The summed E-state index contributed by atoms with van der Waals surface area (Å²) in [4.78, 5) is 59.7. The highest BCUT2D eigenvalue weighted by molar-refractivity contribution is 6.07. The standard InChI is InChI=1S/C30H34FN5O5/c1-18(2)14-24(35(4)26(37)23(34-29(40)41-5)15-19-10-12-20(31)13-11-19)27(38)36-17-30(16-25(36)32-3)21-8-6-7-9-22(21)33-28(30)39/h6-13,18,23-25H,14-17H2,1-2,4-5H3,(H,33,39)(H,34,40)/t23-,24-,25-,30-/m0/s1. The molecule has 216 valence electrons. The minimum atomic E-state index is -1.10. The zero-order valence-electron chi connectivity index (χ0n) is 23.5. The SMILES string of the molecule is [C-]#[N+][C@@H]1C[C@@]2(CN1C(=O)[C@H](CC(C)C)N(C)C(=O)[C@H](Cc1ccc(F)cc1)NC(=O)OC)C(=O)Nc1ccccc12. The Morgan fingerprint density at radius 3 is 2.54 bits per heavy atom. The molecule has 2 heterocycles. The Morgan fingerprint density at radius 2 is 1.90 bits per heavy atom. The number of rotatable bonds is 8. The van der Waals surface area contributed by atoms with Crippen LogP contribution in [0.25, 0.3) is 4.85 Å². The molecule has 0 aromatic heterocycles. The molecule has 41 heavy (non-hydrogen) atoms. The third kappa shape index (κ3) is 5.87. The number of hydrogen-bond donors (Lipinski definition) is 2. The third-order valence-corrected chi connectivity index (χ3v) is 7.81. The van der Waals surface area contributed by atoms with E-state index in [1.54, 1.807) is 6.07 Å². The fourth-order valence-corrected chi connectivity index (χ4v) is 5.68. The van der Waals surface area contributed by atoms with Crippen molar-refractivity contribution in [3.8, 4) is 0 Å². The molecule has 2 N–H and O–H groups in total. The Balaban J connectivity index is 1.63. The van der Waals surface area contributed by atoms with E-state index in [-0.39, 0.29) is 31.2 Å². The largest absolute Gasteiger partial charge is 0.453 e. The van der Waals surface area contributed by atoms with Gasteiger partial charge in [-0.15, -0.1) is 0 Å². The van der Waals surface area contributed by atoms with Gasteiger partial charge in [0.05, 0.1) is 13.5 Å². The lowest BCUT2D eigenvalue weighted by molar-refractivity contribution is -0.146. The summed E-state index contributed by atoms with van der Waals surface area (Å²) >= 11 is 0. The number of para-hydroxylation sites is 1. The highest BCUT2D eigenvalue weighted by atomic mass is 19.1. The molecule has 0 saturated carbocycles. The van der Waals surface area contributed by atoms with Gasteiger partial charge in [0.15, 0.2) is 0 Å². The number of benzene rings is 2. The van der Waals surface area contributed by atoms with Crippen molar-refractivity contribution >= 4 is 29.5 Å². The quantitative estimate of drug-likeness (QED) is 0.479. The first-order valence-corrected chi connectivity index (χ1v) is 13.4. The molecule has 0 radical (unpaired) electrons. The number of fused-ring (bicyclic) bond motifs is 2. The predicted octanol–water partition coefficient (Wildman–Crippen LogP) is 3.33. The fraction of sp³-hybridized carbons (Fsp3) is 0.433. The number of ether oxygens (including phenoxy) is 1. The smallest absolute Gasteiger partial charge is 0.407 e. The van der Waals surface area contributed by atoms with Gasteiger partial charge in [0.25, 0.3) is 5.91 Å². The van der Waals surface area contributed by atoms with Crippen molar-refractivity contribution < 1.29 is 28.3 Å². The van der Waals surface area contributed by atoms with Gasteiger partial charge in [-0.25, -0.2) is 15.8 Å². The van der Waals surface area contributed by atoms with Gasteiger partial charge in [-0.1, -0.05) is 44.2 Å². The van der Waals surface area contributed by atoms with E-state index in [1.165, 1.54) is 48.2 Å². The second kappa shape index (κ2) is 12.0. The molecule has 1 fully saturated rings. The van der Waals surface area contributed by atoms with Crippen LogP contribution in [0.2, 0.25) is 0 Å².